The Morgan fingerprint density at radius 2 is 1.79 bits per heavy atom. The van der Waals surface area contributed by atoms with Gasteiger partial charge in [0.05, 0.1) is 5.56 Å². The van der Waals surface area contributed by atoms with Crippen LogP contribution in [0.15, 0.2) is 39.9 Å². The zero-order chi connectivity index (χ0) is 14.0. The molecule has 1 heterocycles. The molecule has 19 heavy (non-hydrogen) atoms. The van der Waals surface area contributed by atoms with Gasteiger partial charge in [-0.1, -0.05) is 6.07 Å². The standard InChI is InChI=1S/C11H8F3N3O2/c12-11(13,14)6-2-1-3-7(4-6)15-8-5-9(18)17-10(19)16-8/h1-5H,(H3,15,16,17,18,19). The highest BCUT2D eigenvalue weighted by Crippen LogP contribution is 2.31. The number of anilines is 2. The average Bonchev–Trinajstić information content (AvgIpc) is 2.26. The first-order valence-electron chi connectivity index (χ1n) is 5.12. The second-order valence-corrected chi connectivity index (χ2v) is 3.70. The van der Waals surface area contributed by atoms with Gasteiger partial charge >= 0.3 is 11.9 Å². The molecule has 0 aliphatic rings. The molecule has 2 rings (SSSR count). The van der Waals surface area contributed by atoms with Crippen LogP contribution in [-0.2, 0) is 6.18 Å². The van der Waals surface area contributed by atoms with E-state index in [-0.39, 0.29) is 11.5 Å². The van der Waals surface area contributed by atoms with Gasteiger partial charge in [0.15, 0.2) is 0 Å². The minimum atomic E-state index is -4.46. The van der Waals surface area contributed by atoms with Gasteiger partial charge in [-0.25, -0.2) is 4.79 Å². The van der Waals surface area contributed by atoms with Crippen molar-refractivity contribution in [3.63, 3.8) is 0 Å². The van der Waals surface area contributed by atoms with Crippen LogP contribution in [0.3, 0.4) is 0 Å². The minimum absolute atomic E-state index is 0.00748. The Balaban J connectivity index is 2.33. The quantitative estimate of drug-likeness (QED) is 0.779. The summed E-state index contributed by atoms with van der Waals surface area (Å²) >= 11 is 0. The van der Waals surface area contributed by atoms with Gasteiger partial charge in [-0.3, -0.25) is 14.8 Å². The Bertz CT molecular complexity index is 675. The van der Waals surface area contributed by atoms with Crippen molar-refractivity contribution < 1.29 is 13.2 Å². The zero-order valence-electron chi connectivity index (χ0n) is 9.34. The van der Waals surface area contributed by atoms with Gasteiger partial charge in [0, 0.05) is 11.8 Å². The SMILES string of the molecule is O=c1cc(Nc2cccc(C(F)(F)F)c2)[nH]c(=O)[nH]1. The molecule has 100 valence electrons. The maximum Gasteiger partial charge on any atom is 0.416 e. The number of benzene rings is 1. The van der Waals surface area contributed by atoms with E-state index in [1.165, 1.54) is 12.1 Å². The van der Waals surface area contributed by atoms with Crippen molar-refractivity contribution in [2.45, 2.75) is 6.18 Å². The summed E-state index contributed by atoms with van der Waals surface area (Å²) in [4.78, 5) is 26.2. The maximum absolute atomic E-state index is 12.5. The maximum atomic E-state index is 12.5. The predicted octanol–water partition coefficient (Wildman–Crippen LogP) is 1.83. The van der Waals surface area contributed by atoms with Gasteiger partial charge in [-0.15, -0.1) is 0 Å². The lowest BCUT2D eigenvalue weighted by Crippen LogP contribution is -2.22. The first-order valence-corrected chi connectivity index (χ1v) is 5.12. The normalized spacial score (nSPS) is 11.3. The summed E-state index contributed by atoms with van der Waals surface area (Å²) in [5.74, 6) is 0.00748. The molecule has 2 aromatic rings. The number of halogens is 3. The van der Waals surface area contributed by atoms with Crippen molar-refractivity contribution in [2.24, 2.45) is 0 Å². The summed E-state index contributed by atoms with van der Waals surface area (Å²) in [5, 5.41) is 2.52. The van der Waals surface area contributed by atoms with E-state index in [4.69, 9.17) is 0 Å². The van der Waals surface area contributed by atoms with Crippen LogP contribution in [0.2, 0.25) is 0 Å². The fourth-order valence-corrected chi connectivity index (χ4v) is 1.46. The van der Waals surface area contributed by atoms with Crippen molar-refractivity contribution in [1.82, 2.24) is 9.97 Å². The zero-order valence-corrected chi connectivity index (χ0v) is 9.34. The smallest absolute Gasteiger partial charge is 0.342 e. The second kappa shape index (κ2) is 4.63. The van der Waals surface area contributed by atoms with E-state index in [1.807, 2.05) is 4.98 Å². The molecule has 1 aromatic carbocycles. The van der Waals surface area contributed by atoms with E-state index in [1.54, 1.807) is 0 Å². The van der Waals surface area contributed by atoms with Gasteiger partial charge in [0.2, 0.25) is 0 Å². The van der Waals surface area contributed by atoms with Gasteiger partial charge in [0.25, 0.3) is 5.56 Å². The highest BCUT2D eigenvalue weighted by atomic mass is 19.4. The Kier molecular flexibility index (Phi) is 3.16. The monoisotopic (exact) mass is 271 g/mol. The molecule has 0 aliphatic heterocycles. The molecule has 0 unspecified atom stereocenters. The van der Waals surface area contributed by atoms with E-state index in [0.29, 0.717) is 0 Å². The number of hydrogen-bond donors (Lipinski definition) is 3. The summed E-state index contributed by atoms with van der Waals surface area (Å²) in [6.07, 6.45) is -4.46. The first-order chi connectivity index (χ1) is 8.84. The number of H-pyrrole nitrogens is 2. The number of aromatic nitrogens is 2. The topological polar surface area (TPSA) is 77.8 Å². The van der Waals surface area contributed by atoms with Gasteiger partial charge in [-0.2, -0.15) is 13.2 Å². The van der Waals surface area contributed by atoms with E-state index in [0.717, 1.165) is 18.2 Å². The number of rotatable bonds is 2. The van der Waals surface area contributed by atoms with Crippen LogP contribution in [0.4, 0.5) is 24.7 Å². The molecule has 8 heteroatoms. The Hall–Kier alpha value is -2.51. The Labute approximate surface area is 104 Å². The van der Waals surface area contributed by atoms with Crippen LogP contribution in [-0.4, -0.2) is 9.97 Å². The van der Waals surface area contributed by atoms with Crippen molar-refractivity contribution >= 4 is 11.5 Å². The number of hydrogen-bond acceptors (Lipinski definition) is 3. The molecule has 0 saturated carbocycles. The van der Waals surface area contributed by atoms with E-state index < -0.39 is 23.0 Å². The molecule has 0 bridgehead atoms. The average molecular weight is 271 g/mol. The molecule has 0 atom stereocenters. The van der Waals surface area contributed by atoms with Crippen LogP contribution in [0.25, 0.3) is 0 Å². The lowest BCUT2D eigenvalue weighted by molar-refractivity contribution is -0.137. The summed E-state index contributed by atoms with van der Waals surface area (Å²) in [6, 6.07) is 5.43. The van der Waals surface area contributed by atoms with Gasteiger partial charge < -0.3 is 5.32 Å². The Morgan fingerprint density at radius 3 is 2.42 bits per heavy atom. The fraction of sp³-hybridized carbons (Fsp3) is 0.0909. The first kappa shape index (κ1) is 12.9. The third-order valence-corrected chi connectivity index (χ3v) is 2.23. The third-order valence-electron chi connectivity index (χ3n) is 2.23. The molecule has 0 radical (unpaired) electrons. The van der Waals surface area contributed by atoms with E-state index in [9.17, 15) is 22.8 Å². The molecular formula is C11H8F3N3O2. The van der Waals surface area contributed by atoms with Crippen LogP contribution in [0.1, 0.15) is 5.56 Å². The second-order valence-electron chi connectivity index (χ2n) is 3.70. The molecule has 0 fully saturated rings. The number of aromatic amines is 2. The van der Waals surface area contributed by atoms with E-state index in [2.05, 4.69) is 10.3 Å². The van der Waals surface area contributed by atoms with Crippen molar-refractivity contribution in [3.05, 3.63) is 56.7 Å². The van der Waals surface area contributed by atoms with Crippen LogP contribution >= 0.6 is 0 Å². The molecule has 5 nitrogen and oxygen atoms in total. The lowest BCUT2D eigenvalue weighted by Gasteiger charge is -2.10. The molecule has 0 saturated heterocycles. The van der Waals surface area contributed by atoms with Crippen molar-refractivity contribution in [1.29, 1.82) is 0 Å². The highest BCUT2D eigenvalue weighted by molar-refractivity contribution is 5.56. The highest BCUT2D eigenvalue weighted by Gasteiger charge is 2.30. The summed E-state index contributed by atoms with van der Waals surface area (Å²) in [6.45, 7) is 0. The molecule has 1 aromatic heterocycles. The minimum Gasteiger partial charge on any atom is -0.342 e. The van der Waals surface area contributed by atoms with Gasteiger partial charge in [0.1, 0.15) is 5.82 Å². The van der Waals surface area contributed by atoms with Crippen LogP contribution < -0.4 is 16.6 Å². The molecule has 0 amide bonds. The third kappa shape index (κ3) is 3.24. The number of nitrogens with one attached hydrogen (secondary N) is 3. The van der Waals surface area contributed by atoms with Gasteiger partial charge in [-0.05, 0) is 18.2 Å². The summed E-state index contributed by atoms with van der Waals surface area (Å²) < 4.78 is 37.5. The summed E-state index contributed by atoms with van der Waals surface area (Å²) in [7, 11) is 0. The molecule has 3 N–H and O–H groups in total. The molecule has 0 aliphatic carbocycles. The predicted molar refractivity (Wildman–Crippen MR) is 62.4 cm³/mol. The molecular weight excluding hydrogens is 263 g/mol. The fourth-order valence-electron chi connectivity index (χ4n) is 1.46. The Morgan fingerprint density at radius 1 is 1.05 bits per heavy atom. The molecule has 0 spiro atoms. The van der Waals surface area contributed by atoms with E-state index >= 15 is 0 Å². The van der Waals surface area contributed by atoms with Crippen molar-refractivity contribution in [3.8, 4) is 0 Å². The van der Waals surface area contributed by atoms with Crippen LogP contribution in [0.5, 0.6) is 0 Å². The van der Waals surface area contributed by atoms with Crippen molar-refractivity contribution in [2.75, 3.05) is 5.32 Å². The largest absolute Gasteiger partial charge is 0.416 e. The van der Waals surface area contributed by atoms with Crippen LogP contribution in [0, 0.1) is 0 Å². The summed E-state index contributed by atoms with van der Waals surface area (Å²) in [5.41, 5.74) is -2.12. The lowest BCUT2D eigenvalue weighted by atomic mass is 10.2. The number of alkyl halides is 3.